The number of hydrogen-bond donors (Lipinski definition) is 1. The smallest absolute Gasteiger partial charge is 0.237 e. The third-order valence-electron chi connectivity index (χ3n) is 3.87. The number of rotatable bonds is 4. The van der Waals surface area contributed by atoms with Crippen LogP contribution >= 0.6 is 0 Å². The second-order valence-corrected chi connectivity index (χ2v) is 6.00. The van der Waals surface area contributed by atoms with Crippen molar-refractivity contribution in [2.24, 2.45) is 0 Å². The Bertz CT molecular complexity index is 481. The average Bonchev–Trinajstić information content (AvgIpc) is 2.46. The Morgan fingerprint density at radius 2 is 1.86 bits per heavy atom. The molecule has 0 spiro atoms. The van der Waals surface area contributed by atoms with Crippen LogP contribution in [-0.2, 0) is 4.79 Å². The van der Waals surface area contributed by atoms with E-state index in [4.69, 9.17) is 0 Å². The zero-order valence-corrected chi connectivity index (χ0v) is 13.5. The van der Waals surface area contributed by atoms with Gasteiger partial charge in [0.25, 0.3) is 0 Å². The molecular formula is C16H26N4O. The highest BCUT2D eigenvalue weighted by molar-refractivity contribution is 5.81. The molecule has 5 heteroatoms. The molecular weight excluding hydrogens is 264 g/mol. The predicted octanol–water partition coefficient (Wildman–Crippen LogP) is 1.43. The molecule has 0 radical (unpaired) electrons. The Hall–Kier alpha value is -1.62. The first-order valence-electron chi connectivity index (χ1n) is 7.70. The summed E-state index contributed by atoms with van der Waals surface area (Å²) in [4.78, 5) is 21.2. The van der Waals surface area contributed by atoms with Crippen LogP contribution in [0.4, 0.5) is 5.82 Å². The molecule has 2 rings (SSSR count). The number of pyridine rings is 1. The molecule has 116 valence electrons. The third-order valence-corrected chi connectivity index (χ3v) is 3.87. The molecule has 1 fully saturated rings. The highest BCUT2D eigenvalue weighted by Gasteiger charge is 2.26. The van der Waals surface area contributed by atoms with Gasteiger partial charge in [-0.05, 0) is 39.8 Å². The first-order chi connectivity index (χ1) is 9.97. The number of carbonyl (C=O) groups is 1. The number of piperazine rings is 1. The minimum atomic E-state index is -0.0694. The Morgan fingerprint density at radius 1 is 1.19 bits per heavy atom. The number of hydrogen-bond acceptors (Lipinski definition) is 4. The van der Waals surface area contributed by atoms with Crippen molar-refractivity contribution in [1.82, 2.24) is 15.2 Å². The summed E-state index contributed by atoms with van der Waals surface area (Å²) in [5.74, 6) is 1.15. The van der Waals surface area contributed by atoms with Crippen LogP contribution in [0.1, 0.15) is 26.5 Å². The maximum atomic E-state index is 12.1. The quantitative estimate of drug-likeness (QED) is 0.911. The van der Waals surface area contributed by atoms with Crippen LogP contribution in [0.5, 0.6) is 0 Å². The van der Waals surface area contributed by atoms with E-state index in [1.807, 2.05) is 39.8 Å². The van der Waals surface area contributed by atoms with Crippen molar-refractivity contribution in [1.29, 1.82) is 0 Å². The number of nitrogens with zero attached hydrogens (tertiary/aromatic N) is 3. The average molecular weight is 290 g/mol. The van der Waals surface area contributed by atoms with Crippen molar-refractivity contribution < 1.29 is 4.79 Å². The number of carbonyl (C=O) groups excluding carboxylic acids is 1. The van der Waals surface area contributed by atoms with Crippen molar-refractivity contribution in [2.45, 2.75) is 39.8 Å². The van der Waals surface area contributed by atoms with Crippen LogP contribution in [0.2, 0.25) is 0 Å². The van der Waals surface area contributed by atoms with Gasteiger partial charge in [-0.1, -0.05) is 6.07 Å². The largest absolute Gasteiger partial charge is 0.354 e. The summed E-state index contributed by atoms with van der Waals surface area (Å²) in [5, 5.41) is 2.98. The van der Waals surface area contributed by atoms with Crippen LogP contribution in [0.15, 0.2) is 18.2 Å². The Labute approximate surface area is 127 Å². The minimum Gasteiger partial charge on any atom is -0.354 e. The molecule has 2 heterocycles. The summed E-state index contributed by atoms with van der Waals surface area (Å²) >= 11 is 0. The molecule has 0 aromatic carbocycles. The lowest BCUT2D eigenvalue weighted by Gasteiger charge is -2.38. The molecule has 1 amide bonds. The number of amides is 1. The normalized spacial score (nSPS) is 17.9. The zero-order chi connectivity index (χ0) is 15.4. The lowest BCUT2D eigenvalue weighted by molar-refractivity contribution is -0.126. The topological polar surface area (TPSA) is 48.5 Å². The Morgan fingerprint density at radius 3 is 2.43 bits per heavy atom. The molecule has 1 aliphatic heterocycles. The van der Waals surface area contributed by atoms with Gasteiger partial charge in [0.1, 0.15) is 5.82 Å². The van der Waals surface area contributed by atoms with E-state index in [0.717, 1.165) is 37.7 Å². The minimum absolute atomic E-state index is 0.0694. The van der Waals surface area contributed by atoms with Crippen LogP contribution in [0.3, 0.4) is 0 Å². The van der Waals surface area contributed by atoms with Gasteiger partial charge >= 0.3 is 0 Å². The van der Waals surface area contributed by atoms with E-state index >= 15 is 0 Å². The fourth-order valence-electron chi connectivity index (χ4n) is 2.61. The summed E-state index contributed by atoms with van der Waals surface area (Å²) in [5.41, 5.74) is 1.04. The van der Waals surface area contributed by atoms with Crippen LogP contribution < -0.4 is 10.2 Å². The summed E-state index contributed by atoms with van der Waals surface area (Å²) in [6.45, 7) is 11.6. The fraction of sp³-hybridized carbons (Fsp3) is 0.625. The molecule has 5 nitrogen and oxygen atoms in total. The van der Waals surface area contributed by atoms with Crippen molar-refractivity contribution >= 4 is 11.7 Å². The van der Waals surface area contributed by atoms with Gasteiger partial charge in [0.2, 0.25) is 5.91 Å². The van der Waals surface area contributed by atoms with Crippen LogP contribution in [0.25, 0.3) is 0 Å². The summed E-state index contributed by atoms with van der Waals surface area (Å²) in [7, 11) is 0. The van der Waals surface area contributed by atoms with E-state index in [0.29, 0.717) is 0 Å². The first kappa shape index (κ1) is 15.8. The number of anilines is 1. The van der Waals surface area contributed by atoms with Crippen molar-refractivity contribution in [3.63, 3.8) is 0 Å². The molecule has 21 heavy (non-hydrogen) atoms. The van der Waals surface area contributed by atoms with E-state index < -0.39 is 0 Å². The van der Waals surface area contributed by atoms with Gasteiger partial charge in [-0.2, -0.15) is 0 Å². The first-order valence-corrected chi connectivity index (χ1v) is 7.70. The predicted molar refractivity (Wildman–Crippen MR) is 85.5 cm³/mol. The molecule has 1 saturated heterocycles. The van der Waals surface area contributed by atoms with E-state index in [1.54, 1.807) is 0 Å². The highest BCUT2D eigenvalue weighted by Crippen LogP contribution is 2.15. The number of aromatic nitrogens is 1. The van der Waals surface area contributed by atoms with Crippen molar-refractivity contribution in [3.8, 4) is 0 Å². The SMILES string of the molecule is Cc1cccc(N2CCN(C(C)C(=O)NC(C)C)CC2)n1. The van der Waals surface area contributed by atoms with E-state index in [2.05, 4.69) is 26.2 Å². The Kier molecular flexibility index (Phi) is 5.17. The highest BCUT2D eigenvalue weighted by atomic mass is 16.2. The van der Waals surface area contributed by atoms with Gasteiger partial charge in [-0.15, -0.1) is 0 Å². The van der Waals surface area contributed by atoms with Crippen LogP contribution in [-0.4, -0.2) is 54.1 Å². The van der Waals surface area contributed by atoms with Gasteiger partial charge in [0, 0.05) is 37.9 Å². The second-order valence-electron chi connectivity index (χ2n) is 6.00. The lowest BCUT2D eigenvalue weighted by Crippen LogP contribution is -2.54. The standard InChI is InChI=1S/C16H26N4O/c1-12(2)17-16(21)14(4)19-8-10-20(11-9-19)15-7-5-6-13(3)18-15/h5-7,12,14H,8-11H2,1-4H3,(H,17,21). The lowest BCUT2D eigenvalue weighted by atomic mass is 10.2. The van der Waals surface area contributed by atoms with Gasteiger partial charge in [-0.3, -0.25) is 9.69 Å². The molecule has 0 saturated carbocycles. The van der Waals surface area contributed by atoms with Gasteiger partial charge < -0.3 is 10.2 Å². The van der Waals surface area contributed by atoms with Gasteiger partial charge in [0.05, 0.1) is 6.04 Å². The van der Waals surface area contributed by atoms with Crippen LogP contribution in [0, 0.1) is 6.92 Å². The van der Waals surface area contributed by atoms with E-state index in [1.165, 1.54) is 0 Å². The second kappa shape index (κ2) is 6.89. The maximum Gasteiger partial charge on any atom is 0.237 e. The number of aryl methyl sites for hydroxylation is 1. The monoisotopic (exact) mass is 290 g/mol. The number of nitrogens with one attached hydrogen (secondary N) is 1. The third kappa shape index (κ3) is 4.17. The van der Waals surface area contributed by atoms with Crippen molar-refractivity contribution in [2.75, 3.05) is 31.1 Å². The molecule has 1 aromatic rings. The molecule has 1 atom stereocenters. The summed E-state index contributed by atoms with van der Waals surface area (Å²) < 4.78 is 0. The molecule has 1 aromatic heterocycles. The molecule has 0 aliphatic carbocycles. The zero-order valence-electron chi connectivity index (χ0n) is 13.5. The fourth-order valence-corrected chi connectivity index (χ4v) is 2.61. The van der Waals surface area contributed by atoms with Gasteiger partial charge in [0.15, 0.2) is 0 Å². The van der Waals surface area contributed by atoms with E-state index in [9.17, 15) is 4.79 Å². The summed E-state index contributed by atoms with van der Waals surface area (Å²) in [6.07, 6.45) is 0. The Balaban J connectivity index is 1.89. The molecule has 1 unspecified atom stereocenters. The van der Waals surface area contributed by atoms with Crippen molar-refractivity contribution in [3.05, 3.63) is 23.9 Å². The maximum absolute atomic E-state index is 12.1. The van der Waals surface area contributed by atoms with Gasteiger partial charge in [-0.25, -0.2) is 4.98 Å². The molecule has 1 N–H and O–H groups in total. The van der Waals surface area contributed by atoms with E-state index in [-0.39, 0.29) is 18.0 Å². The summed E-state index contributed by atoms with van der Waals surface area (Å²) in [6, 6.07) is 6.23. The molecule has 0 bridgehead atoms. The molecule has 1 aliphatic rings.